The fourth-order valence-corrected chi connectivity index (χ4v) is 5.07. The molecule has 8 unspecified atom stereocenters. The van der Waals surface area contributed by atoms with Crippen molar-refractivity contribution in [1.82, 2.24) is 10.2 Å². The summed E-state index contributed by atoms with van der Waals surface area (Å²) in [6.45, 7) is -0.378. The Morgan fingerprint density at radius 3 is 2.26 bits per heavy atom. The largest absolute Gasteiger partial charge is 0.483 e. The van der Waals surface area contributed by atoms with E-state index in [1.165, 1.54) is 7.05 Å². The van der Waals surface area contributed by atoms with E-state index >= 15 is 0 Å². The van der Waals surface area contributed by atoms with E-state index in [1.807, 2.05) is 0 Å². The maximum atomic E-state index is 12.2. The molecule has 2 heterocycles. The number of amides is 2. The zero-order valence-electron chi connectivity index (χ0n) is 20.5. The Bertz CT molecular complexity index is 906. The summed E-state index contributed by atoms with van der Waals surface area (Å²) in [5.41, 5.74) is 0. The number of aliphatic hydroxyl groups excluding tert-OH is 4. The van der Waals surface area contributed by atoms with Crippen LogP contribution < -0.4 is 5.32 Å². The standard InChI is InChI=1S/C12H22N2O12P2.C6H10O4/c1-13-9(16)4-5-14(7-15)12-11(18)10(17)8(25-12)6-24-28(21,23-3)26-27(19,20)22-2;7-3-5-6(9)4(8)1-2-10-5/h4-5,7-8,10-12,17-18H,6H2,1-3H3,(H,13,16)(H,19,20);3-6,8-9H,1-2H2/b5-4-;/t;4?,5?,6-/m.1/s1. The van der Waals surface area contributed by atoms with Gasteiger partial charge in [-0.15, -0.1) is 0 Å². The molecule has 2 saturated heterocycles. The van der Waals surface area contributed by atoms with Crippen LogP contribution in [0.25, 0.3) is 0 Å². The molecule has 2 aliphatic rings. The molecule has 20 heteroatoms. The van der Waals surface area contributed by atoms with Gasteiger partial charge in [0.05, 0.1) is 19.3 Å². The number of ether oxygens (including phenoxy) is 2. The Hall–Kier alpha value is -1.63. The van der Waals surface area contributed by atoms with Gasteiger partial charge in [-0.05, 0) is 6.42 Å². The van der Waals surface area contributed by atoms with Crippen LogP contribution in [0.2, 0.25) is 0 Å². The number of hydrogen-bond donors (Lipinski definition) is 6. The lowest BCUT2D eigenvalue weighted by atomic mass is 10.0. The summed E-state index contributed by atoms with van der Waals surface area (Å²) >= 11 is 0. The topological polar surface area (TPSA) is 257 Å². The van der Waals surface area contributed by atoms with E-state index in [0.717, 1.165) is 31.4 Å². The van der Waals surface area contributed by atoms with Gasteiger partial charge < -0.3 is 44.9 Å². The molecule has 0 aliphatic carbocycles. The summed E-state index contributed by atoms with van der Waals surface area (Å²) in [6.07, 6.45) is -5.51. The number of carbonyl (C=O) groups excluding carboxylic acids is 3. The van der Waals surface area contributed by atoms with E-state index < -0.39 is 71.0 Å². The molecular weight excluding hydrogens is 562 g/mol. The van der Waals surface area contributed by atoms with Crippen molar-refractivity contribution in [2.75, 3.05) is 34.5 Å². The van der Waals surface area contributed by atoms with Crippen molar-refractivity contribution in [2.45, 2.75) is 49.3 Å². The summed E-state index contributed by atoms with van der Waals surface area (Å²) in [6, 6.07) is 0. The zero-order chi connectivity index (χ0) is 29.1. The lowest BCUT2D eigenvalue weighted by molar-refractivity contribution is -0.150. The molecule has 0 aromatic carbocycles. The molecule has 0 aromatic heterocycles. The van der Waals surface area contributed by atoms with Crippen molar-refractivity contribution in [3.63, 3.8) is 0 Å². The minimum atomic E-state index is -4.72. The predicted molar refractivity (Wildman–Crippen MR) is 123 cm³/mol. The number of hydrogen-bond acceptors (Lipinski definition) is 15. The highest BCUT2D eigenvalue weighted by molar-refractivity contribution is 7.61. The van der Waals surface area contributed by atoms with Crippen molar-refractivity contribution < 1.29 is 76.2 Å². The quantitative estimate of drug-likeness (QED) is 0.0768. The van der Waals surface area contributed by atoms with Gasteiger partial charge in [0.25, 0.3) is 0 Å². The number of phosphoric acid groups is 2. The highest BCUT2D eigenvalue weighted by atomic mass is 31.3. The smallest absolute Gasteiger partial charge is 0.390 e. The molecule has 2 aliphatic heterocycles. The first kappa shape index (κ1) is 34.4. The van der Waals surface area contributed by atoms with Crippen molar-refractivity contribution in [3.05, 3.63) is 12.3 Å². The molecule has 9 atom stereocenters. The number of nitrogens with one attached hydrogen (secondary N) is 1. The van der Waals surface area contributed by atoms with E-state index in [-0.39, 0.29) is 6.41 Å². The van der Waals surface area contributed by atoms with E-state index in [9.17, 15) is 38.6 Å². The summed E-state index contributed by atoms with van der Waals surface area (Å²) in [5.74, 6) is -0.537. The lowest BCUT2D eigenvalue weighted by Crippen LogP contribution is -2.45. The van der Waals surface area contributed by atoms with Gasteiger partial charge in [-0.3, -0.25) is 28.1 Å². The highest BCUT2D eigenvalue weighted by Crippen LogP contribution is 2.62. The first-order valence-electron chi connectivity index (χ1n) is 10.8. The number of likely N-dealkylation sites (N-methyl/N-ethyl adjacent to an activating group) is 1. The van der Waals surface area contributed by atoms with Gasteiger partial charge in [-0.25, -0.2) is 9.13 Å². The van der Waals surface area contributed by atoms with Crippen LogP contribution in [0.1, 0.15) is 6.42 Å². The molecule has 38 heavy (non-hydrogen) atoms. The van der Waals surface area contributed by atoms with Crippen molar-refractivity contribution in [2.24, 2.45) is 0 Å². The number of phosphoric ester groups is 2. The van der Waals surface area contributed by atoms with Crippen molar-refractivity contribution in [1.29, 1.82) is 0 Å². The fraction of sp³-hybridized carbons (Fsp3) is 0.722. The van der Waals surface area contributed by atoms with Crippen LogP contribution in [0.3, 0.4) is 0 Å². The Kier molecular flexibility index (Phi) is 14.3. The molecule has 0 bridgehead atoms. The van der Waals surface area contributed by atoms with Gasteiger partial charge in [0.1, 0.15) is 30.5 Å². The number of aliphatic hydroxyl groups is 4. The average molecular weight is 594 g/mol. The molecule has 0 saturated carbocycles. The van der Waals surface area contributed by atoms with Gasteiger partial charge >= 0.3 is 15.6 Å². The second-order valence-corrected chi connectivity index (χ2v) is 11.0. The molecule has 220 valence electrons. The minimum Gasteiger partial charge on any atom is -0.390 e. The maximum Gasteiger partial charge on any atom is 0.483 e. The van der Waals surface area contributed by atoms with Crippen LogP contribution in [0.5, 0.6) is 0 Å². The first-order valence-corrected chi connectivity index (χ1v) is 13.7. The molecule has 6 N–H and O–H groups in total. The predicted octanol–water partition coefficient (Wildman–Crippen LogP) is -2.62. The van der Waals surface area contributed by atoms with Crippen LogP contribution in [0.4, 0.5) is 0 Å². The summed E-state index contributed by atoms with van der Waals surface area (Å²) < 4.78 is 51.3. The van der Waals surface area contributed by atoms with Gasteiger partial charge in [-0.1, -0.05) is 0 Å². The second-order valence-electron chi connectivity index (χ2n) is 7.51. The molecule has 0 aromatic rings. The third-order valence-corrected chi connectivity index (χ3v) is 8.04. The van der Waals surface area contributed by atoms with Gasteiger partial charge in [0.15, 0.2) is 12.5 Å². The normalized spacial score (nSPS) is 32.4. The Balaban J connectivity index is 0.000000600. The van der Waals surface area contributed by atoms with Crippen LogP contribution >= 0.6 is 15.6 Å². The van der Waals surface area contributed by atoms with Crippen LogP contribution in [0, 0.1) is 0 Å². The molecule has 2 amide bonds. The van der Waals surface area contributed by atoms with Gasteiger partial charge in [0.2, 0.25) is 12.3 Å². The second kappa shape index (κ2) is 15.8. The summed E-state index contributed by atoms with van der Waals surface area (Å²) in [4.78, 5) is 42.5. The third kappa shape index (κ3) is 10.2. The molecule has 0 radical (unpaired) electrons. The van der Waals surface area contributed by atoms with E-state index in [4.69, 9.17) is 24.2 Å². The zero-order valence-corrected chi connectivity index (χ0v) is 22.3. The van der Waals surface area contributed by atoms with E-state index in [1.54, 1.807) is 0 Å². The number of carbonyl (C=O) groups is 3. The third-order valence-electron chi connectivity index (χ3n) is 5.04. The van der Waals surface area contributed by atoms with E-state index in [0.29, 0.717) is 19.3 Å². The number of rotatable bonds is 12. The highest BCUT2D eigenvalue weighted by Gasteiger charge is 2.47. The van der Waals surface area contributed by atoms with Crippen LogP contribution in [-0.2, 0) is 50.9 Å². The molecule has 2 fully saturated rings. The Labute approximate surface area is 217 Å². The first-order chi connectivity index (χ1) is 17.8. The molecule has 18 nitrogen and oxygen atoms in total. The van der Waals surface area contributed by atoms with Crippen LogP contribution in [0.15, 0.2) is 12.3 Å². The minimum absolute atomic E-state index is 0.243. The number of aldehydes is 1. The molecular formula is C18H32N2O16P2. The van der Waals surface area contributed by atoms with Crippen molar-refractivity contribution in [3.8, 4) is 0 Å². The summed E-state index contributed by atoms with van der Waals surface area (Å²) in [5, 5.41) is 40.4. The Morgan fingerprint density at radius 2 is 1.76 bits per heavy atom. The summed E-state index contributed by atoms with van der Waals surface area (Å²) in [7, 11) is -6.24. The molecule has 2 rings (SSSR count). The molecule has 0 spiro atoms. The monoisotopic (exact) mass is 594 g/mol. The van der Waals surface area contributed by atoms with Gasteiger partial charge in [-0.2, -0.15) is 4.31 Å². The van der Waals surface area contributed by atoms with Crippen molar-refractivity contribution >= 4 is 34.2 Å². The fourth-order valence-electron chi connectivity index (χ4n) is 2.90. The Morgan fingerprint density at radius 1 is 1.11 bits per heavy atom. The van der Waals surface area contributed by atoms with Gasteiger partial charge in [0, 0.05) is 33.5 Å². The number of nitrogens with zero attached hydrogens (tertiary/aromatic N) is 1. The maximum absolute atomic E-state index is 12.2. The lowest BCUT2D eigenvalue weighted by Gasteiger charge is -2.28. The SMILES string of the molecule is CNC(=O)/C=C\N(C=O)C1OC(COP(=O)(OC)OP(=O)(O)OC)C(O)C1O.O=CC1OCCC(O)[C@H]1O. The average Bonchev–Trinajstić information content (AvgIpc) is 3.18. The van der Waals surface area contributed by atoms with E-state index in [2.05, 4.69) is 18.7 Å². The van der Waals surface area contributed by atoms with Crippen LogP contribution in [-0.4, -0.2) is 126 Å².